The number of hydrogen-bond acceptors (Lipinski definition) is 6. The number of sulfonamides is 1. The third-order valence-electron chi connectivity index (χ3n) is 4.30. The maximum absolute atomic E-state index is 12.6. The lowest BCUT2D eigenvalue weighted by molar-refractivity contribution is 0.0993. The highest BCUT2D eigenvalue weighted by Crippen LogP contribution is 2.26. The van der Waals surface area contributed by atoms with Crippen molar-refractivity contribution in [3.8, 4) is 0 Å². The summed E-state index contributed by atoms with van der Waals surface area (Å²) in [7, 11) is -1.91. The maximum atomic E-state index is 12.6. The van der Waals surface area contributed by atoms with Crippen LogP contribution in [0, 0.1) is 0 Å². The summed E-state index contributed by atoms with van der Waals surface area (Å²) in [5.41, 5.74) is 1.45. The molecule has 0 fully saturated rings. The summed E-state index contributed by atoms with van der Waals surface area (Å²) in [6, 6.07) is 11.6. The van der Waals surface area contributed by atoms with Gasteiger partial charge in [-0.15, -0.1) is 0 Å². The van der Waals surface area contributed by atoms with Crippen LogP contribution in [0.3, 0.4) is 0 Å². The van der Waals surface area contributed by atoms with Crippen LogP contribution in [0.25, 0.3) is 0 Å². The normalized spacial score (nSPS) is 11.2. The number of pyridine rings is 2. The Morgan fingerprint density at radius 1 is 1.07 bits per heavy atom. The number of rotatable bonds is 7. The average molecular weight is 465 g/mol. The van der Waals surface area contributed by atoms with Gasteiger partial charge in [-0.3, -0.25) is 9.10 Å². The number of aromatic nitrogens is 2. The van der Waals surface area contributed by atoms with Crippen molar-refractivity contribution in [2.75, 3.05) is 22.9 Å². The summed E-state index contributed by atoms with van der Waals surface area (Å²) in [4.78, 5) is 21.1. The Kier molecular flexibility index (Phi) is 6.60. The number of carbonyl (C=O) groups is 1. The number of nitrogens with one attached hydrogen (secondary N) is 1. The lowest BCUT2D eigenvalue weighted by Gasteiger charge is -2.16. The molecule has 3 aromatic rings. The van der Waals surface area contributed by atoms with E-state index in [2.05, 4.69) is 15.3 Å². The second-order valence-corrected chi connectivity index (χ2v) is 9.33. The largest absolute Gasteiger partial charge is 0.325 e. The molecule has 0 aliphatic heterocycles. The number of Topliss-reactive ketones (excluding diaryl/α,β-unsaturated/α-hetero) is 1. The van der Waals surface area contributed by atoms with Crippen LogP contribution in [0.15, 0.2) is 54.9 Å². The SMILES string of the molecule is CN(c1ccc(Nc2cc(CC(=O)c3c(Cl)cccc3Cl)ccn2)nc1)S(C)(=O)=O. The van der Waals surface area contributed by atoms with Gasteiger partial charge in [0.15, 0.2) is 5.78 Å². The van der Waals surface area contributed by atoms with E-state index in [1.807, 2.05) is 0 Å². The van der Waals surface area contributed by atoms with Crippen LogP contribution < -0.4 is 9.62 Å². The topological polar surface area (TPSA) is 92.3 Å². The summed E-state index contributed by atoms with van der Waals surface area (Å²) < 4.78 is 24.3. The van der Waals surface area contributed by atoms with Crippen LogP contribution in [-0.2, 0) is 16.4 Å². The van der Waals surface area contributed by atoms with Gasteiger partial charge >= 0.3 is 0 Å². The smallest absolute Gasteiger partial charge is 0.232 e. The van der Waals surface area contributed by atoms with Crippen molar-refractivity contribution >= 4 is 56.3 Å². The summed E-state index contributed by atoms with van der Waals surface area (Å²) in [6.07, 6.45) is 4.24. The number of benzene rings is 1. The molecule has 0 atom stereocenters. The number of ketones is 1. The van der Waals surface area contributed by atoms with Crippen molar-refractivity contribution in [1.29, 1.82) is 0 Å². The third kappa shape index (κ3) is 5.27. The molecule has 0 spiro atoms. The first-order valence-electron chi connectivity index (χ1n) is 8.74. The Hall–Kier alpha value is -2.68. The van der Waals surface area contributed by atoms with Crippen LogP contribution >= 0.6 is 23.2 Å². The minimum Gasteiger partial charge on any atom is -0.325 e. The number of halogens is 2. The van der Waals surface area contributed by atoms with Crippen molar-refractivity contribution in [1.82, 2.24) is 9.97 Å². The quantitative estimate of drug-likeness (QED) is 0.522. The highest BCUT2D eigenvalue weighted by molar-refractivity contribution is 7.92. The highest BCUT2D eigenvalue weighted by Gasteiger charge is 2.16. The van der Waals surface area contributed by atoms with Gasteiger partial charge in [0, 0.05) is 19.7 Å². The van der Waals surface area contributed by atoms with Crippen LogP contribution in [-0.4, -0.2) is 37.5 Å². The van der Waals surface area contributed by atoms with E-state index in [0.717, 1.165) is 16.1 Å². The molecule has 0 saturated carbocycles. The van der Waals surface area contributed by atoms with Gasteiger partial charge in [-0.2, -0.15) is 0 Å². The zero-order chi connectivity index (χ0) is 21.9. The number of hydrogen-bond donors (Lipinski definition) is 1. The molecule has 0 aliphatic rings. The Balaban J connectivity index is 1.74. The minimum atomic E-state index is -3.36. The molecule has 2 heterocycles. The first kappa shape index (κ1) is 22.0. The van der Waals surface area contributed by atoms with Crippen molar-refractivity contribution in [2.24, 2.45) is 0 Å². The third-order valence-corrected chi connectivity index (χ3v) is 6.13. The summed E-state index contributed by atoms with van der Waals surface area (Å²) >= 11 is 12.2. The van der Waals surface area contributed by atoms with Gasteiger partial charge < -0.3 is 5.32 Å². The number of nitrogens with zero attached hydrogens (tertiary/aromatic N) is 3. The van der Waals surface area contributed by atoms with Crippen LogP contribution in [0.1, 0.15) is 15.9 Å². The molecule has 2 aromatic heterocycles. The summed E-state index contributed by atoms with van der Waals surface area (Å²) in [5.74, 6) is 0.766. The average Bonchev–Trinajstić information content (AvgIpc) is 2.67. The van der Waals surface area contributed by atoms with Crippen LogP contribution in [0.4, 0.5) is 17.3 Å². The Morgan fingerprint density at radius 2 is 1.77 bits per heavy atom. The highest BCUT2D eigenvalue weighted by atomic mass is 35.5. The molecule has 156 valence electrons. The van der Waals surface area contributed by atoms with Gasteiger partial charge in [0.25, 0.3) is 0 Å². The van der Waals surface area contributed by atoms with E-state index in [1.165, 1.54) is 13.2 Å². The summed E-state index contributed by atoms with van der Waals surface area (Å²) in [5, 5.41) is 3.65. The molecular weight excluding hydrogens is 447 g/mol. The van der Waals surface area contributed by atoms with Crippen molar-refractivity contribution in [2.45, 2.75) is 6.42 Å². The molecule has 10 heteroatoms. The monoisotopic (exact) mass is 464 g/mol. The molecule has 0 radical (unpaired) electrons. The Bertz CT molecular complexity index is 1160. The molecule has 0 amide bonds. The van der Waals surface area contributed by atoms with Crippen LogP contribution in [0.2, 0.25) is 10.0 Å². The first-order valence-corrected chi connectivity index (χ1v) is 11.3. The molecule has 7 nitrogen and oxygen atoms in total. The predicted octanol–water partition coefficient (Wildman–Crippen LogP) is 4.35. The fourth-order valence-electron chi connectivity index (χ4n) is 2.66. The molecule has 1 N–H and O–H groups in total. The Morgan fingerprint density at radius 3 is 2.37 bits per heavy atom. The predicted molar refractivity (Wildman–Crippen MR) is 120 cm³/mol. The van der Waals surface area contributed by atoms with E-state index in [-0.39, 0.29) is 12.2 Å². The lowest BCUT2D eigenvalue weighted by atomic mass is 10.0. The van der Waals surface area contributed by atoms with E-state index in [0.29, 0.717) is 32.9 Å². The standard InChI is InChI=1S/C20H18Cl2N4O3S/c1-26(30(2,28)29)14-6-7-18(24-12-14)25-19-11-13(8-9-23-19)10-17(27)20-15(21)4-3-5-16(20)22/h3-9,11-12H,10H2,1-2H3,(H,23,24,25). The fraction of sp³-hybridized carbons (Fsp3) is 0.150. The number of carbonyl (C=O) groups excluding carboxylic acids is 1. The molecule has 0 saturated heterocycles. The number of anilines is 3. The Labute approximate surface area is 184 Å². The van der Waals surface area contributed by atoms with E-state index in [4.69, 9.17) is 23.2 Å². The van der Waals surface area contributed by atoms with Gasteiger partial charge in [0.2, 0.25) is 10.0 Å². The molecule has 0 aliphatic carbocycles. The molecule has 30 heavy (non-hydrogen) atoms. The van der Waals surface area contributed by atoms with Crippen molar-refractivity contribution in [3.63, 3.8) is 0 Å². The zero-order valence-electron chi connectivity index (χ0n) is 16.1. The second kappa shape index (κ2) is 8.99. The van der Waals surface area contributed by atoms with Crippen LogP contribution in [0.5, 0.6) is 0 Å². The zero-order valence-corrected chi connectivity index (χ0v) is 18.5. The molecular formula is C20H18Cl2N4O3S. The van der Waals surface area contributed by atoms with E-state index < -0.39 is 10.0 Å². The lowest BCUT2D eigenvalue weighted by Crippen LogP contribution is -2.24. The fourth-order valence-corrected chi connectivity index (χ4v) is 3.76. The van der Waals surface area contributed by atoms with Gasteiger partial charge in [-0.1, -0.05) is 29.3 Å². The minimum absolute atomic E-state index is 0.103. The maximum Gasteiger partial charge on any atom is 0.232 e. The van der Waals surface area contributed by atoms with Gasteiger partial charge in [-0.25, -0.2) is 18.4 Å². The van der Waals surface area contributed by atoms with Gasteiger partial charge in [0.1, 0.15) is 11.6 Å². The van der Waals surface area contributed by atoms with E-state index in [1.54, 1.807) is 48.7 Å². The molecule has 1 aromatic carbocycles. The first-order chi connectivity index (χ1) is 14.1. The second-order valence-electron chi connectivity index (χ2n) is 6.50. The van der Waals surface area contributed by atoms with Gasteiger partial charge in [-0.05, 0) is 42.0 Å². The van der Waals surface area contributed by atoms with Crippen molar-refractivity contribution < 1.29 is 13.2 Å². The van der Waals surface area contributed by atoms with E-state index >= 15 is 0 Å². The molecule has 0 bridgehead atoms. The van der Waals surface area contributed by atoms with E-state index in [9.17, 15) is 13.2 Å². The summed E-state index contributed by atoms with van der Waals surface area (Å²) in [6.45, 7) is 0. The molecule has 3 rings (SSSR count). The molecule has 0 unspecified atom stereocenters. The van der Waals surface area contributed by atoms with Gasteiger partial charge in [0.05, 0.1) is 33.7 Å². The van der Waals surface area contributed by atoms with Crippen molar-refractivity contribution in [3.05, 3.63) is 76.0 Å².